The molecular formula is C16H22N2O. The second-order valence-corrected chi connectivity index (χ2v) is 6.09. The topological polar surface area (TPSA) is 32.3 Å². The van der Waals surface area contributed by atoms with Crippen LogP contribution in [-0.4, -0.2) is 22.4 Å². The van der Waals surface area contributed by atoms with Gasteiger partial charge in [-0.05, 0) is 38.7 Å². The fourth-order valence-electron chi connectivity index (χ4n) is 2.81. The number of nitrogens with one attached hydrogen (secondary N) is 1. The first-order valence-corrected chi connectivity index (χ1v) is 7.22. The molecule has 1 heterocycles. The first-order valence-electron chi connectivity index (χ1n) is 7.22. The molecule has 2 unspecified atom stereocenters. The smallest absolute Gasteiger partial charge is 0.244 e. The van der Waals surface area contributed by atoms with Gasteiger partial charge in [-0.3, -0.25) is 10.1 Å². The number of benzene rings is 1. The van der Waals surface area contributed by atoms with Crippen LogP contribution in [0.25, 0.3) is 0 Å². The summed E-state index contributed by atoms with van der Waals surface area (Å²) in [7, 11) is 0. The minimum Gasteiger partial charge on any atom is -0.318 e. The van der Waals surface area contributed by atoms with Crippen molar-refractivity contribution in [3.63, 3.8) is 0 Å². The van der Waals surface area contributed by atoms with Crippen LogP contribution in [0, 0.1) is 6.92 Å². The lowest BCUT2D eigenvalue weighted by Crippen LogP contribution is -2.43. The van der Waals surface area contributed by atoms with Crippen molar-refractivity contribution in [2.45, 2.75) is 57.8 Å². The number of carbonyl (C=O) groups is 1. The second kappa shape index (κ2) is 4.34. The van der Waals surface area contributed by atoms with Crippen molar-refractivity contribution >= 4 is 5.91 Å². The first-order chi connectivity index (χ1) is 9.05. The quantitative estimate of drug-likeness (QED) is 0.904. The molecule has 1 aromatic carbocycles. The monoisotopic (exact) mass is 258 g/mol. The van der Waals surface area contributed by atoms with E-state index in [9.17, 15) is 4.79 Å². The molecule has 0 spiro atoms. The fourth-order valence-corrected chi connectivity index (χ4v) is 2.81. The van der Waals surface area contributed by atoms with Gasteiger partial charge in [-0.2, -0.15) is 0 Å². The number of aryl methyl sites for hydroxylation is 1. The van der Waals surface area contributed by atoms with Gasteiger partial charge in [-0.15, -0.1) is 0 Å². The molecule has 3 heteroatoms. The van der Waals surface area contributed by atoms with E-state index >= 15 is 0 Å². The van der Waals surface area contributed by atoms with Crippen LogP contribution >= 0.6 is 0 Å². The Labute approximate surface area is 115 Å². The number of nitrogens with zero attached hydrogens (tertiary/aromatic N) is 1. The first kappa shape index (κ1) is 12.7. The summed E-state index contributed by atoms with van der Waals surface area (Å²) in [5.74, 6) is 0.267. The maximum absolute atomic E-state index is 12.7. The molecule has 1 saturated carbocycles. The van der Waals surface area contributed by atoms with Crippen LogP contribution in [0.4, 0.5) is 0 Å². The van der Waals surface area contributed by atoms with Gasteiger partial charge in [0.1, 0.15) is 6.17 Å². The predicted octanol–water partition coefficient (Wildman–Crippen LogP) is 2.76. The van der Waals surface area contributed by atoms with E-state index in [0.29, 0.717) is 6.04 Å². The lowest BCUT2D eigenvalue weighted by Gasteiger charge is -2.24. The Bertz CT molecular complexity index is 492. The summed E-state index contributed by atoms with van der Waals surface area (Å²) in [4.78, 5) is 14.7. The van der Waals surface area contributed by atoms with Crippen LogP contribution in [0.3, 0.4) is 0 Å². The summed E-state index contributed by atoms with van der Waals surface area (Å²) >= 11 is 0. The van der Waals surface area contributed by atoms with Crippen LogP contribution in [0.2, 0.25) is 0 Å². The number of carbonyl (C=O) groups excluding carboxylic acids is 1. The van der Waals surface area contributed by atoms with E-state index in [0.717, 1.165) is 19.3 Å². The summed E-state index contributed by atoms with van der Waals surface area (Å²) in [5, 5.41) is 3.55. The number of hydrogen-bond acceptors (Lipinski definition) is 2. The third kappa shape index (κ3) is 2.06. The third-order valence-corrected chi connectivity index (χ3v) is 4.48. The van der Waals surface area contributed by atoms with Gasteiger partial charge in [-0.25, -0.2) is 0 Å². The van der Waals surface area contributed by atoms with Gasteiger partial charge in [-0.1, -0.05) is 36.8 Å². The van der Waals surface area contributed by atoms with Crippen molar-refractivity contribution in [1.29, 1.82) is 0 Å². The molecule has 1 saturated heterocycles. The van der Waals surface area contributed by atoms with Crippen LogP contribution in [0.15, 0.2) is 24.3 Å². The molecule has 0 radical (unpaired) electrons. The Morgan fingerprint density at radius 3 is 2.47 bits per heavy atom. The molecule has 102 valence electrons. The summed E-state index contributed by atoms with van der Waals surface area (Å²) in [5.41, 5.74) is 2.05. The summed E-state index contributed by atoms with van der Waals surface area (Å²) < 4.78 is 0. The molecule has 3 nitrogen and oxygen atoms in total. The van der Waals surface area contributed by atoms with Gasteiger partial charge < -0.3 is 4.90 Å². The molecule has 1 N–H and O–H groups in total. The molecule has 1 aliphatic carbocycles. The largest absolute Gasteiger partial charge is 0.318 e. The molecule has 3 rings (SSSR count). The van der Waals surface area contributed by atoms with E-state index in [4.69, 9.17) is 0 Å². The summed E-state index contributed by atoms with van der Waals surface area (Å²) in [6.45, 7) is 6.19. The van der Waals surface area contributed by atoms with Gasteiger partial charge >= 0.3 is 0 Å². The van der Waals surface area contributed by atoms with Crippen LogP contribution in [0.5, 0.6) is 0 Å². The van der Waals surface area contributed by atoms with E-state index < -0.39 is 5.54 Å². The Balaban J connectivity index is 1.95. The third-order valence-electron chi connectivity index (χ3n) is 4.48. The lowest BCUT2D eigenvalue weighted by molar-refractivity contribution is -0.133. The highest BCUT2D eigenvalue weighted by Crippen LogP contribution is 2.40. The highest BCUT2D eigenvalue weighted by atomic mass is 16.2. The van der Waals surface area contributed by atoms with E-state index in [1.165, 1.54) is 11.1 Å². The van der Waals surface area contributed by atoms with Crippen LogP contribution in [-0.2, 0) is 4.79 Å². The molecule has 0 bridgehead atoms. The normalized spacial score (nSPS) is 31.0. The second-order valence-electron chi connectivity index (χ2n) is 6.09. The van der Waals surface area contributed by atoms with Crippen molar-refractivity contribution in [2.75, 3.05) is 0 Å². The molecule has 2 atom stereocenters. The zero-order chi connectivity index (χ0) is 13.6. The Hall–Kier alpha value is -1.35. The van der Waals surface area contributed by atoms with Crippen LogP contribution < -0.4 is 5.32 Å². The van der Waals surface area contributed by atoms with Crippen LogP contribution in [0.1, 0.15) is 50.4 Å². The Morgan fingerprint density at radius 2 is 1.95 bits per heavy atom. The van der Waals surface area contributed by atoms with E-state index in [-0.39, 0.29) is 12.1 Å². The molecule has 1 aromatic rings. The molecule has 1 aliphatic heterocycles. The van der Waals surface area contributed by atoms with E-state index in [1.54, 1.807) is 0 Å². The SMILES string of the molecule is CCC1(C)NC(c2ccc(C)cc2)N(C2CC2)C1=O. The minimum absolute atomic E-state index is 0.0468. The van der Waals surface area contributed by atoms with Gasteiger partial charge in [0.2, 0.25) is 5.91 Å². The van der Waals surface area contributed by atoms with Gasteiger partial charge in [0.15, 0.2) is 0 Å². The number of hydrogen-bond donors (Lipinski definition) is 1. The zero-order valence-corrected chi connectivity index (χ0v) is 11.9. The maximum Gasteiger partial charge on any atom is 0.244 e. The Kier molecular flexibility index (Phi) is 2.90. The van der Waals surface area contributed by atoms with Gasteiger partial charge in [0, 0.05) is 6.04 Å². The molecular weight excluding hydrogens is 236 g/mol. The van der Waals surface area contributed by atoms with Crippen molar-refractivity contribution in [3.05, 3.63) is 35.4 Å². The lowest BCUT2D eigenvalue weighted by atomic mass is 9.99. The fraction of sp³-hybridized carbons (Fsp3) is 0.562. The van der Waals surface area contributed by atoms with Gasteiger partial charge in [0.05, 0.1) is 5.54 Å². The summed E-state index contributed by atoms with van der Waals surface area (Å²) in [6.07, 6.45) is 3.17. The van der Waals surface area contributed by atoms with Crippen molar-refractivity contribution < 1.29 is 4.79 Å². The van der Waals surface area contributed by atoms with Crippen molar-refractivity contribution in [2.24, 2.45) is 0 Å². The molecule has 2 aliphatic rings. The average Bonchev–Trinajstić information content (AvgIpc) is 3.19. The van der Waals surface area contributed by atoms with Crippen molar-refractivity contribution in [3.8, 4) is 0 Å². The molecule has 19 heavy (non-hydrogen) atoms. The van der Waals surface area contributed by atoms with Gasteiger partial charge in [0.25, 0.3) is 0 Å². The highest BCUT2D eigenvalue weighted by Gasteiger charge is 2.51. The Morgan fingerprint density at radius 1 is 1.32 bits per heavy atom. The number of rotatable bonds is 3. The zero-order valence-electron chi connectivity index (χ0n) is 11.9. The van der Waals surface area contributed by atoms with E-state index in [1.807, 2.05) is 6.92 Å². The standard InChI is InChI=1S/C16H22N2O/c1-4-16(3)15(19)18(13-9-10-13)14(17-16)12-7-5-11(2)6-8-12/h5-8,13-14,17H,4,9-10H2,1-3H3. The summed E-state index contributed by atoms with van der Waals surface area (Å²) in [6, 6.07) is 8.95. The average molecular weight is 258 g/mol. The maximum atomic E-state index is 12.7. The minimum atomic E-state index is -0.405. The van der Waals surface area contributed by atoms with E-state index in [2.05, 4.69) is 48.3 Å². The molecule has 1 amide bonds. The predicted molar refractivity (Wildman–Crippen MR) is 75.6 cm³/mol. The highest BCUT2D eigenvalue weighted by molar-refractivity contribution is 5.89. The molecule has 0 aromatic heterocycles. The van der Waals surface area contributed by atoms with Crippen molar-refractivity contribution in [1.82, 2.24) is 10.2 Å². The number of amides is 1. The molecule has 2 fully saturated rings.